The normalized spacial score (nSPS) is 12.5. The molecule has 1 aromatic carbocycles. The van der Waals surface area contributed by atoms with Crippen LogP contribution in [0.3, 0.4) is 0 Å². The number of alkyl halides is 1. The van der Waals surface area contributed by atoms with Crippen LogP contribution in [0.2, 0.25) is 5.02 Å². The molecule has 2 heteroatoms. The maximum Gasteiger partial charge on any atom is 0.0960 e. The second-order valence-electron chi connectivity index (χ2n) is 3.00. The van der Waals surface area contributed by atoms with E-state index in [1.165, 1.54) is 0 Å². The van der Waals surface area contributed by atoms with Gasteiger partial charge in [-0.1, -0.05) is 43.3 Å². The Bertz CT molecular complexity index is 307. The highest BCUT2D eigenvalue weighted by atomic mass is 35.5. The summed E-state index contributed by atoms with van der Waals surface area (Å²) in [5, 5.41) is 0.632. The molecular weight excluding hydrogens is 187 g/mol. The first-order chi connectivity index (χ1) is 6.20. The van der Waals surface area contributed by atoms with Gasteiger partial charge in [0.2, 0.25) is 0 Å². The van der Waals surface area contributed by atoms with Crippen molar-refractivity contribution in [2.45, 2.75) is 12.8 Å². The second-order valence-corrected chi connectivity index (χ2v) is 3.41. The molecule has 0 aliphatic heterocycles. The first kappa shape index (κ1) is 10.3. The second kappa shape index (κ2) is 4.43. The molecule has 0 nitrogen and oxygen atoms in total. The molecule has 1 rings (SSSR count). The Morgan fingerprint density at radius 3 is 2.85 bits per heavy atom. The van der Waals surface area contributed by atoms with E-state index < -0.39 is 0 Å². The summed E-state index contributed by atoms with van der Waals surface area (Å²) >= 11 is 5.94. The van der Waals surface area contributed by atoms with Crippen LogP contribution in [0.5, 0.6) is 0 Å². The molecule has 1 atom stereocenters. The van der Waals surface area contributed by atoms with E-state index in [2.05, 4.69) is 6.58 Å². The van der Waals surface area contributed by atoms with E-state index in [0.717, 1.165) is 11.1 Å². The molecule has 0 spiro atoms. The van der Waals surface area contributed by atoms with E-state index >= 15 is 0 Å². The van der Waals surface area contributed by atoms with E-state index in [1.807, 2.05) is 19.1 Å². The van der Waals surface area contributed by atoms with Crippen LogP contribution < -0.4 is 0 Å². The predicted molar refractivity (Wildman–Crippen MR) is 55.9 cm³/mol. The summed E-state index contributed by atoms with van der Waals surface area (Å²) in [6.45, 7) is 5.12. The molecule has 0 saturated carbocycles. The average molecular weight is 199 g/mol. The standard InChI is InChI=1S/C11H12ClF/c1-3-9-10(8(2)7-13)5-4-6-11(9)12/h3-6,8H,1,7H2,2H3. The van der Waals surface area contributed by atoms with Crippen LogP contribution in [0.25, 0.3) is 6.08 Å². The summed E-state index contributed by atoms with van der Waals surface area (Å²) in [4.78, 5) is 0. The molecule has 0 radical (unpaired) electrons. The lowest BCUT2D eigenvalue weighted by atomic mass is 9.97. The Kier molecular flexibility index (Phi) is 3.49. The number of benzene rings is 1. The Hall–Kier alpha value is -0.820. The lowest BCUT2D eigenvalue weighted by Crippen LogP contribution is -1.98. The van der Waals surface area contributed by atoms with Crippen LogP contribution in [0.15, 0.2) is 24.8 Å². The average Bonchev–Trinajstić information content (AvgIpc) is 2.16. The third kappa shape index (κ3) is 2.10. The molecule has 0 fully saturated rings. The van der Waals surface area contributed by atoms with E-state index in [-0.39, 0.29) is 12.6 Å². The van der Waals surface area contributed by atoms with Gasteiger partial charge in [0.25, 0.3) is 0 Å². The van der Waals surface area contributed by atoms with E-state index in [9.17, 15) is 4.39 Å². The van der Waals surface area contributed by atoms with Crippen LogP contribution >= 0.6 is 11.6 Å². The van der Waals surface area contributed by atoms with Gasteiger partial charge in [-0.15, -0.1) is 0 Å². The molecule has 0 bridgehead atoms. The van der Waals surface area contributed by atoms with Crippen molar-refractivity contribution in [3.63, 3.8) is 0 Å². The smallest absolute Gasteiger partial charge is 0.0960 e. The molecule has 13 heavy (non-hydrogen) atoms. The molecule has 1 unspecified atom stereocenters. The maximum atomic E-state index is 12.4. The van der Waals surface area contributed by atoms with Crippen molar-refractivity contribution in [2.24, 2.45) is 0 Å². The fourth-order valence-corrected chi connectivity index (χ4v) is 1.54. The largest absolute Gasteiger partial charge is 0.250 e. The van der Waals surface area contributed by atoms with Crippen molar-refractivity contribution >= 4 is 17.7 Å². The summed E-state index contributed by atoms with van der Waals surface area (Å²) in [5.74, 6) is -0.119. The zero-order chi connectivity index (χ0) is 9.84. The van der Waals surface area contributed by atoms with E-state index in [4.69, 9.17) is 11.6 Å². The van der Waals surface area contributed by atoms with Gasteiger partial charge in [0.15, 0.2) is 0 Å². The Morgan fingerprint density at radius 1 is 1.62 bits per heavy atom. The van der Waals surface area contributed by atoms with Gasteiger partial charge in [0.05, 0.1) is 6.67 Å². The van der Waals surface area contributed by atoms with Gasteiger partial charge in [0.1, 0.15) is 0 Å². The monoisotopic (exact) mass is 198 g/mol. The first-order valence-corrected chi connectivity index (χ1v) is 4.55. The molecule has 0 aromatic heterocycles. The minimum absolute atomic E-state index is 0.119. The molecule has 0 saturated heterocycles. The summed E-state index contributed by atoms with van der Waals surface area (Å²) in [7, 11) is 0. The summed E-state index contributed by atoms with van der Waals surface area (Å²) in [6.07, 6.45) is 1.67. The van der Waals surface area contributed by atoms with Gasteiger partial charge in [-0.05, 0) is 17.2 Å². The van der Waals surface area contributed by atoms with Crippen LogP contribution in [0, 0.1) is 0 Å². The number of hydrogen-bond donors (Lipinski definition) is 0. The Balaban J connectivity index is 3.19. The molecular formula is C11H12ClF. The molecule has 70 valence electrons. The van der Waals surface area contributed by atoms with Gasteiger partial charge in [-0.2, -0.15) is 0 Å². The fraction of sp³-hybridized carbons (Fsp3) is 0.273. The third-order valence-corrected chi connectivity index (χ3v) is 2.38. The lowest BCUT2D eigenvalue weighted by Gasteiger charge is -2.11. The van der Waals surface area contributed by atoms with Crippen molar-refractivity contribution in [3.8, 4) is 0 Å². The Morgan fingerprint density at radius 2 is 2.31 bits per heavy atom. The summed E-state index contributed by atoms with van der Waals surface area (Å²) in [5.41, 5.74) is 1.76. The fourth-order valence-electron chi connectivity index (χ4n) is 1.28. The van der Waals surface area contributed by atoms with Crippen LogP contribution in [-0.2, 0) is 0 Å². The van der Waals surface area contributed by atoms with Gasteiger partial charge in [-0.3, -0.25) is 4.39 Å². The predicted octanol–water partition coefficient (Wildman–Crippen LogP) is 4.06. The highest BCUT2D eigenvalue weighted by Crippen LogP contribution is 2.27. The molecule has 0 aliphatic rings. The van der Waals surface area contributed by atoms with Crippen molar-refractivity contribution in [1.29, 1.82) is 0 Å². The topological polar surface area (TPSA) is 0 Å². The highest BCUT2D eigenvalue weighted by molar-refractivity contribution is 6.32. The maximum absolute atomic E-state index is 12.4. The van der Waals surface area contributed by atoms with Crippen molar-refractivity contribution in [3.05, 3.63) is 40.9 Å². The molecule has 0 heterocycles. The zero-order valence-corrected chi connectivity index (χ0v) is 8.31. The molecule has 0 amide bonds. The van der Waals surface area contributed by atoms with Crippen LogP contribution in [0.4, 0.5) is 4.39 Å². The van der Waals surface area contributed by atoms with Crippen molar-refractivity contribution < 1.29 is 4.39 Å². The van der Waals surface area contributed by atoms with Gasteiger partial charge in [-0.25, -0.2) is 0 Å². The van der Waals surface area contributed by atoms with Crippen LogP contribution in [-0.4, -0.2) is 6.67 Å². The lowest BCUT2D eigenvalue weighted by molar-refractivity contribution is 0.447. The quantitative estimate of drug-likeness (QED) is 0.687. The van der Waals surface area contributed by atoms with Crippen molar-refractivity contribution in [2.75, 3.05) is 6.67 Å². The Labute approximate surface area is 83.0 Å². The van der Waals surface area contributed by atoms with E-state index in [1.54, 1.807) is 12.1 Å². The van der Waals surface area contributed by atoms with Crippen LogP contribution in [0.1, 0.15) is 24.0 Å². The minimum atomic E-state index is -0.374. The SMILES string of the molecule is C=Cc1c(Cl)cccc1C(C)CF. The molecule has 0 N–H and O–H groups in total. The summed E-state index contributed by atoms with van der Waals surface area (Å²) in [6, 6.07) is 5.50. The van der Waals surface area contributed by atoms with E-state index in [0.29, 0.717) is 5.02 Å². The highest BCUT2D eigenvalue weighted by Gasteiger charge is 2.10. The number of hydrogen-bond acceptors (Lipinski definition) is 0. The number of halogens is 2. The van der Waals surface area contributed by atoms with Crippen molar-refractivity contribution in [1.82, 2.24) is 0 Å². The van der Waals surface area contributed by atoms with Gasteiger partial charge in [0, 0.05) is 10.9 Å². The molecule has 1 aromatic rings. The van der Waals surface area contributed by atoms with Gasteiger partial charge >= 0.3 is 0 Å². The third-order valence-electron chi connectivity index (χ3n) is 2.05. The minimum Gasteiger partial charge on any atom is -0.250 e. The summed E-state index contributed by atoms with van der Waals surface area (Å²) < 4.78 is 12.4. The number of rotatable bonds is 3. The van der Waals surface area contributed by atoms with Gasteiger partial charge < -0.3 is 0 Å². The molecule has 0 aliphatic carbocycles. The first-order valence-electron chi connectivity index (χ1n) is 4.17. The zero-order valence-electron chi connectivity index (χ0n) is 7.56.